The Morgan fingerprint density at radius 2 is 1.92 bits per heavy atom. The Morgan fingerprint density at radius 1 is 1.15 bits per heavy atom. The molecule has 1 aliphatic heterocycles. The van der Waals surface area contributed by atoms with Crippen molar-refractivity contribution < 1.29 is 9.53 Å². The number of hydrogen-bond donors (Lipinski definition) is 0. The number of ether oxygens (including phenoxy) is 1. The van der Waals surface area contributed by atoms with Crippen LogP contribution in [0.4, 0.5) is 0 Å². The Balaban J connectivity index is 1.69. The molecule has 4 rings (SSSR count). The van der Waals surface area contributed by atoms with Crippen LogP contribution in [0.2, 0.25) is 0 Å². The Labute approximate surface area is 150 Å². The minimum absolute atomic E-state index is 0.280. The van der Waals surface area contributed by atoms with Crippen molar-refractivity contribution in [3.63, 3.8) is 0 Å². The molecule has 0 radical (unpaired) electrons. The number of carbonyl (C=O) groups is 1. The van der Waals surface area contributed by atoms with Gasteiger partial charge in [0.1, 0.15) is 0 Å². The van der Waals surface area contributed by atoms with Gasteiger partial charge in [0.05, 0.1) is 19.3 Å². The molecule has 1 aliphatic rings. The van der Waals surface area contributed by atoms with Gasteiger partial charge in [0, 0.05) is 18.2 Å². The zero-order valence-corrected chi connectivity index (χ0v) is 14.2. The van der Waals surface area contributed by atoms with Crippen molar-refractivity contribution in [3.8, 4) is 17.5 Å². The largest absolute Gasteiger partial charge is 0.372 e. The molecule has 0 amide bonds. The number of aromatic nitrogens is 3. The van der Waals surface area contributed by atoms with Crippen molar-refractivity contribution in [2.45, 2.75) is 19.1 Å². The molecule has 0 spiro atoms. The van der Waals surface area contributed by atoms with E-state index in [-0.39, 0.29) is 5.78 Å². The highest BCUT2D eigenvalue weighted by molar-refractivity contribution is 6.02. The first kappa shape index (κ1) is 16.2. The van der Waals surface area contributed by atoms with Crippen LogP contribution in [0, 0.1) is 11.3 Å². The van der Waals surface area contributed by atoms with Gasteiger partial charge in [-0.15, -0.1) is 10.2 Å². The molecule has 0 saturated heterocycles. The quantitative estimate of drug-likeness (QED) is 0.680. The highest BCUT2D eigenvalue weighted by atomic mass is 16.5. The lowest BCUT2D eigenvalue weighted by Crippen LogP contribution is -2.16. The molecule has 1 atom stereocenters. The van der Waals surface area contributed by atoms with Gasteiger partial charge in [-0.3, -0.25) is 4.79 Å². The van der Waals surface area contributed by atoms with Gasteiger partial charge in [-0.1, -0.05) is 42.5 Å². The molecule has 6 nitrogen and oxygen atoms in total. The third-order valence-corrected chi connectivity index (χ3v) is 4.60. The summed E-state index contributed by atoms with van der Waals surface area (Å²) in [6, 6.07) is 17.1. The fourth-order valence-corrected chi connectivity index (χ4v) is 3.16. The lowest BCUT2D eigenvalue weighted by Gasteiger charge is -2.10. The van der Waals surface area contributed by atoms with Crippen molar-refractivity contribution in [1.29, 1.82) is 5.26 Å². The maximum atomic E-state index is 12.9. The lowest BCUT2D eigenvalue weighted by atomic mass is 9.95. The first-order chi connectivity index (χ1) is 12.7. The molecule has 6 heteroatoms. The number of fused-ring (bicyclic) bond motifs is 1. The molecule has 26 heavy (non-hydrogen) atoms. The van der Waals surface area contributed by atoms with E-state index in [0.717, 1.165) is 16.7 Å². The first-order valence-electron chi connectivity index (χ1n) is 8.27. The maximum Gasteiger partial charge on any atom is 0.187 e. The number of carbonyl (C=O) groups excluding carboxylic acids is 1. The predicted molar refractivity (Wildman–Crippen MR) is 94.1 cm³/mol. The summed E-state index contributed by atoms with van der Waals surface area (Å²) in [4.78, 5) is 12.9. The van der Waals surface area contributed by atoms with Crippen LogP contribution in [-0.2, 0) is 25.0 Å². The van der Waals surface area contributed by atoms with Gasteiger partial charge in [-0.05, 0) is 17.2 Å². The number of benzene rings is 2. The Hall–Kier alpha value is -3.30. The van der Waals surface area contributed by atoms with E-state index in [1.165, 1.54) is 0 Å². The average molecular weight is 344 g/mol. The topological polar surface area (TPSA) is 80.8 Å². The lowest BCUT2D eigenvalue weighted by molar-refractivity contribution is 0.0975. The van der Waals surface area contributed by atoms with Crippen LogP contribution in [0.25, 0.3) is 11.4 Å². The smallest absolute Gasteiger partial charge is 0.187 e. The van der Waals surface area contributed by atoms with E-state index in [1.807, 2.05) is 42.5 Å². The summed E-state index contributed by atoms with van der Waals surface area (Å²) in [5.74, 6) is -0.327. The molecular weight excluding hydrogens is 328 g/mol. The SMILES string of the molecule is Cn1c(-c2ccccc2)nnc1[C@@H](C#N)C(=O)c1ccc2c(c1)COC2. The molecule has 0 fully saturated rings. The summed E-state index contributed by atoms with van der Waals surface area (Å²) < 4.78 is 7.10. The molecule has 0 bridgehead atoms. The minimum atomic E-state index is -1.01. The summed E-state index contributed by atoms with van der Waals surface area (Å²) in [7, 11) is 1.77. The predicted octanol–water partition coefficient (Wildman–Crippen LogP) is 3.00. The zero-order valence-electron chi connectivity index (χ0n) is 14.2. The summed E-state index contributed by atoms with van der Waals surface area (Å²) in [5, 5.41) is 17.9. The normalized spacial score (nSPS) is 13.8. The second-order valence-electron chi connectivity index (χ2n) is 6.21. The van der Waals surface area contributed by atoms with Crippen molar-refractivity contribution in [3.05, 3.63) is 71.0 Å². The zero-order chi connectivity index (χ0) is 18.1. The van der Waals surface area contributed by atoms with Gasteiger partial charge in [-0.25, -0.2) is 0 Å². The molecule has 0 N–H and O–H groups in total. The van der Waals surface area contributed by atoms with Crippen LogP contribution in [0.5, 0.6) is 0 Å². The number of Topliss-reactive ketones (excluding diaryl/α,β-unsaturated/α-hetero) is 1. The van der Waals surface area contributed by atoms with Crippen LogP contribution in [0.15, 0.2) is 48.5 Å². The first-order valence-corrected chi connectivity index (χ1v) is 8.27. The number of nitrogens with zero attached hydrogens (tertiary/aromatic N) is 4. The Morgan fingerprint density at radius 3 is 2.69 bits per heavy atom. The van der Waals surface area contributed by atoms with Crippen molar-refractivity contribution >= 4 is 5.78 Å². The molecule has 2 aromatic carbocycles. The van der Waals surface area contributed by atoms with Crippen LogP contribution < -0.4 is 0 Å². The summed E-state index contributed by atoms with van der Waals surface area (Å²) in [6.45, 7) is 1.06. The third kappa shape index (κ3) is 2.68. The van der Waals surface area contributed by atoms with Gasteiger partial charge >= 0.3 is 0 Å². The molecular formula is C20H16N4O2. The van der Waals surface area contributed by atoms with E-state index in [1.54, 1.807) is 17.7 Å². The van der Waals surface area contributed by atoms with Gasteiger partial charge in [0.25, 0.3) is 0 Å². The minimum Gasteiger partial charge on any atom is -0.372 e. The highest BCUT2D eigenvalue weighted by Gasteiger charge is 2.28. The fourth-order valence-electron chi connectivity index (χ4n) is 3.16. The molecule has 2 heterocycles. The second-order valence-corrected chi connectivity index (χ2v) is 6.21. The van der Waals surface area contributed by atoms with Crippen molar-refractivity contribution in [1.82, 2.24) is 14.8 Å². The number of hydrogen-bond acceptors (Lipinski definition) is 5. The van der Waals surface area contributed by atoms with Crippen molar-refractivity contribution in [2.24, 2.45) is 7.05 Å². The van der Waals surface area contributed by atoms with Gasteiger partial charge in [0.2, 0.25) is 0 Å². The third-order valence-electron chi connectivity index (χ3n) is 4.60. The summed E-state index contributed by atoms with van der Waals surface area (Å²) >= 11 is 0. The number of ketones is 1. The summed E-state index contributed by atoms with van der Waals surface area (Å²) in [6.07, 6.45) is 0. The monoisotopic (exact) mass is 344 g/mol. The molecule has 1 aromatic heterocycles. The van der Waals surface area contributed by atoms with E-state index in [0.29, 0.717) is 30.4 Å². The number of nitriles is 1. The van der Waals surface area contributed by atoms with E-state index >= 15 is 0 Å². The average Bonchev–Trinajstić information content (AvgIpc) is 3.29. The van der Waals surface area contributed by atoms with Crippen LogP contribution in [-0.4, -0.2) is 20.5 Å². The van der Waals surface area contributed by atoms with Crippen LogP contribution in [0.1, 0.15) is 33.2 Å². The van der Waals surface area contributed by atoms with Gasteiger partial charge in [-0.2, -0.15) is 5.26 Å². The maximum absolute atomic E-state index is 12.9. The standard InChI is InChI=1S/C20H16N4O2/c1-24-19(13-5-3-2-4-6-13)22-23-20(24)17(10-21)18(25)14-7-8-15-11-26-12-16(15)9-14/h2-9,17H,11-12H2,1H3/t17-/m0/s1. The fraction of sp³-hybridized carbons (Fsp3) is 0.200. The van der Waals surface area contributed by atoms with Crippen LogP contribution in [0.3, 0.4) is 0 Å². The highest BCUT2D eigenvalue weighted by Crippen LogP contribution is 2.26. The van der Waals surface area contributed by atoms with Gasteiger partial charge < -0.3 is 9.30 Å². The van der Waals surface area contributed by atoms with E-state index in [9.17, 15) is 10.1 Å². The van der Waals surface area contributed by atoms with Crippen molar-refractivity contribution in [2.75, 3.05) is 0 Å². The van der Waals surface area contributed by atoms with Gasteiger partial charge in [0.15, 0.2) is 23.3 Å². The second kappa shape index (κ2) is 6.54. The molecule has 0 aliphatic carbocycles. The van der Waals surface area contributed by atoms with Crippen LogP contribution >= 0.6 is 0 Å². The number of rotatable bonds is 4. The molecule has 128 valence electrons. The Bertz CT molecular complexity index is 1020. The summed E-state index contributed by atoms with van der Waals surface area (Å²) in [5.41, 5.74) is 3.45. The molecule has 0 saturated carbocycles. The Kier molecular flexibility index (Phi) is 4.07. The van der Waals surface area contributed by atoms with E-state index in [4.69, 9.17) is 4.74 Å². The van der Waals surface area contributed by atoms with E-state index < -0.39 is 5.92 Å². The molecule has 3 aromatic rings. The molecule has 0 unspecified atom stereocenters. The van der Waals surface area contributed by atoms with E-state index in [2.05, 4.69) is 16.3 Å².